The number of benzene rings is 1. The van der Waals surface area contributed by atoms with Crippen LogP contribution in [0, 0.1) is 0 Å². The lowest BCUT2D eigenvalue weighted by Gasteiger charge is -2.23. The monoisotopic (exact) mass is 323 g/mol. The van der Waals surface area contributed by atoms with Gasteiger partial charge >= 0.3 is 5.97 Å². The lowest BCUT2D eigenvalue weighted by atomic mass is 10.2. The van der Waals surface area contributed by atoms with Crippen molar-refractivity contribution in [2.45, 2.75) is 39.3 Å². The molecule has 102 valence electrons. The largest absolute Gasteiger partial charge is 0.458 e. The number of halogens is 1. The average molecular weight is 324 g/mol. The first-order valence-corrected chi connectivity index (χ1v) is 7.07. The predicted molar refractivity (Wildman–Crippen MR) is 80.2 cm³/mol. The Hall–Kier alpha value is -1.29. The van der Waals surface area contributed by atoms with Gasteiger partial charge in [-0.15, -0.1) is 0 Å². The van der Waals surface area contributed by atoms with Gasteiger partial charge in [0.15, 0.2) is 0 Å². The van der Waals surface area contributed by atoms with Gasteiger partial charge in [0.1, 0.15) is 11.6 Å². The maximum absolute atomic E-state index is 12.1. The van der Waals surface area contributed by atoms with Crippen LogP contribution in [-0.4, -0.2) is 16.1 Å². The van der Waals surface area contributed by atoms with Crippen molar-refractivity contribution in [2.75, 3.05) is 0 Å². The summed E-state index contributed by atoms with van der Waals surface area (Å²) in [5, 5.41) is 1.10. The fraction of sp³-hybridized carbons (Fsp3) is 0.400. The molecule has 4 heteroatoms. The van der Waals surface area contributed by atoms with Crippen molar-refractivity contribution >= 4 is 32.8 Å². The van der Waals surface area contributed by atoms with Crippen molar-refractivity contribution in [3.05, 3.63) is 34.9 Å². The van der Waals surface area contributed by atoms with Crippen LogP contribution < -0.4 is 0 Å². The van der Waals surface area contributed by atoms with E-state index in [-0.39, 0.29) is 12.0 Å². The topological polar surface area (TPSA) is 31.2 Å². The van der Waals surface area contributed by atoms with Crippen LogP contribution >= 0.6 is 15.9 Å². The number of esters is 1. The molecule has 1 aromatic heterocycles. The minimum atomic E-state index is -0.463. The molecule has 0 aliphatic carbocycles. The molecule has 0 aliphatic heterocycles. The molecule has 0 spiro atoms. The first kappa shape index (κ1) is 14.1. The standard InChI is InChI=1S/C15H18BrNO2/c1-10(14(18)19-15(2,3)4)17-9-8-11-12(16)6-5-7-13(11)17/h5-10H,1-4H3. The van der Waals surface area contributed by atoms with Crippen molar-refractivity contribution < 1.29 is 9.53 Å². The molecule has 0 N–H and O–H groups in total. The maximum Gasteiger partial charge on any atom is 0.329 e. The number of carbonyl (C=O) groups excluding carboxylic acids is 1. The first-order valence-electron chi connectivity index (χ1n) is 6.27. The third-order valence-corrected chi connectivity index (χ3v) is 3.57. The highest BCUT2D eigenvalue weighted by Crippen LogP contribution is 2.27. The minimum Gasteiger partial charge on any atom is -0.458 e. The van der Waals surface area contributed by atoms with Crippen LogP contribution in [0.4, 0.5) is 0 Å². The van der Waals surface area contributed by atoms with Crippen molar-refractivity contribution in [3.8, 4) is 0 Å². The number of fused-ring (bicyclic) bond motifs is 1. The van der Waals surface area contributed by atoms with Crippen LogP contribution in [-0.2, 0) is 9.53 Å². The molecule has 2 rings (SSSR count). The highest BCUT2D eigenvalue weighted by molar-refractivity contribution is 9.10. The number of ether oxygens (including phenoxy) is 1. The Morgan fingerprint density at radius 3 is 2.63 bits per heavy atom. The molecule has 19 heavy (non-hydrogen) atoms. The third-order valence-electron chi connectivity index (χ3n) is 2.88. The molecule has 0 aliphatic rings. The van der Waals surface area contributed by atoms with E-state index in [1.807, 2.05) is 62.7 Å². The summed E-state index contributed by atoms with van der Waals surface area (Å²) in [6.07, 6.45) is 1.92. The van der Waals surface area contributed by atoms with E-state index in [1.54, 1.807) is 0 Å². The van der Waals surface area contributed by atoms with Crippen molar-refractivity contribution in [1.29, 1.82) is 0 Å². The highest BCUT2D eigenvalue weighted by Gasteiger charge is 2.23. The van der Waals surface area contributed by atoms with Crippen LogP contribution in [0.1, 0.15) is 33.7 Å². The molecule has 1 aromatic carbocycles. The van der Waals surface area contributed by atoms with Crippen molar-refractivity contribution in [2.24, 2.45) is 0 Å². The summed E-state index contributed by atoms with van der Waals surface area (Å²) in [4.78, 5) is 12.1. The second-order valence-electron chi connectivity index (χ2n) is 5.61. The number of aromatic nitrogens is 1. The van der Waals surface area contributed by atoms with Gasteiger partial charge in [-0.3, -0.25) is 0 Å². The van der Waals surface area contributed by atoms with Gasteiger partial charge in [-0.1, -0.05) is 22.0 Å². The Kier molecular flexibility index (Phi) is 3.72. The van der Waals surface area contributed by atoms with Crippen molar-refractivity contribution in [3.63, 3.8) is 0 Å². The normalized spacial score (nSPS) is 13.5. The van der Waals surface area contributed by atoms with Gasteiger partial charge in [0.2, 0.25) is 0 Å². The zero-order valence-electron chi connectivity index (χ0n) is 11.6. The first-order chi connectivity index (χ1) is 8.79. The number of carbonyl (C=O) groups is 1. The number of hydrogen-bond acceptors (Lipinski definition) is 2. The van der Waals surface area contributed by atoms with E-state index in [0.29, 0.717) is 0 Å². The Labute approximate surface area is 121 Å². The fourth-order valence-corrected chi connectivity index (χ4v) is 2.48. The van der Waals surface area contributed by atoms with E-state index in [2.05, 4.69) is 15.9 Å². The summed E-state index contributed by atoms with van der Waals surface area (Å²) in [6.45, 7) is 7.49. The molecule has 0 radical (unpaired) electrons. The summed E-state index contributed by atoms with van der Waals surface area (Å²) in [5.41, 5.74) is 0.558. The number of hydrogen-bond donors (Lipinski definition) is 0. The van der Waals surface area contributed by atoms with E-state index in [4.69, 9.17) is 4.74 Å². The minimum absolute atomic E-state index is 0.218. The van der Waals surface area contributed by atoms with Gasteiger partial charge < -0.3 is 9.30 Å². The number of nitrogens with zero attached hydrogens (tertiary/aromatic N) is 1. The SMILES string of the molecule is CC(C(=O)OC(C)(C)C)n1ccc2c(Br)cccc21. The molecule has 1 unspecified atom stereocenters. The lowest BCUT2D eigenvalue weighted by molar-refractivity contribution is -0.158. The third kappa shape index (κ3) is 3.00. The van der Waals surface area contributed by atoms with E-state index in [9.17, 15) is 4.79 Å². The summed E-state index contributed by atoms with van der Waals surface area (Å²) >= 11 is 3.52. The van der Waals surface area contributed by atoms with Gasteiger partial charge in [-0.25, -0.2) is 4.79 Å². The Morgan fingerprint density at radius 2 is 2.00 bits per heavy atom. The average Bonchev–Trinajstić information content (AvgIpc) is 2.71. The Morgan fingerprint density at radius 1 is 1.32 bits per heavy atom. The molecule has 0 saturated heterocycles. The van der Waals surface area contributed by atoms with Gasteiger partial charge in [0.05, 0.1) is 0 Å². The quantitative estimate of drug-likeness (QED) is 0.771. The molecule has 3 nitrogen and oxygen atoms in total. The highest BCUT2D eigenvalue weighted by atomic mass is 79.9. The molecule has 0 saturated carbocycles. The number of rotatable bonds is 2. The van der Waals surface area contributed by atoms with Crippen LogP contribution in [0.25, 0.3) is 10.9 Å². The van der Waals surface area contributed by atoms with E-state index >= 15 is 0 Å². The molecular formula is C15H18BrNO2. The van der Waals surface area contributed by atoms with Crippen LogP contribution in [0.15, 0.2) is 34.9 Å². The van der Waals surface area contributed by atoms with Crippen LogP contribution in [0.3, 0.4) is 0 Å². The molecule has 0 fully saturated rings. The van der Waals surface area contributed by atoms with E-state index in [1.165, 1.54) is 0 Å². The second kappa shape index (κ2) is 5.00. The summed E-state index contributed by atoms with van der Waals surface area (Å²) in [6, 6.07) is 7.61. The second-order valence-corrected chi connectivity index (χ2v) is 6.46. The van der Waals surface area contributed by atoms with E-state index < -0.39 is 5.60 Å². The predicted octanol–water partition coefficient (Wildman–Crippen LogP) is 4.31. The molecule has 0 bridgehead atoms. The Bertz CT molecular complexity index is 610. The van der Waals surface area contributed by atoms with Gasteiger partial charge in [0, 0.05) is 21.6 Å². The zero-order valence-corrected chi connectivity index (χ0v) is 13.2. The lowest BCUT2D eigenvalue weighted by Crippen LogP contribution is -2.28. The van der Waals surface area contributed by atoms with Crippen LogP contribution in [0.2, 0.25) is 0 Å². The molecule has 2 aromatic rings. The van der Waals surface area contributed by atoms with Gasteiger partial charge in [-0.05, 0) is 45.9 Å². The molecular weight excluding hydrogens is 306 g/mol. The zero-order chi connectivity index (χ0) is 14.2. The van der Waals surface area contributed by atoms with Crippen LogP contribution in [0.5, 0.6) is 0 Å². The van der Waals surface area contributed by atoms with Crippen molar-refractivity contribution in [1.82, 2.24) is 4.57 Å². The molecule has 1 atom stereocenters. The molecule has 0 amide bonds. The van der Waals surface area contributed by atoms with Gasteiger partial charge in [-0.2, -0.15) is 0 Å². The maximum atomic E-state index is 12.1. The fourth-order valence-electron chi connectivity index (χ4n) is 1.99. The summed E-state index contributed by atoms with van der Waals surface area (Å²) < 4.78 is 8.40. The Balaban J connectivity index is 2.34. The van der Waals surface area contributed by atoms with Gasteiger partial charge in [0.25, 0.3) is 0 Å². The smallest absolute Gasteiger partial charge is 0.329 e. The molecule has 1 heterocycles. The summed E-state index contributed by atoms with van der Waals surface area (Å²) in [7, 11) is 0. The van der Waals surface area contributed by atoms with E-state index in [0.717, 1.165) is 15.4 Å². The summed E-state index contributed by atoms with van der Waals surface area (Å²) in [5.74, 6) is -0.218.